The highest BCUT2D eigenvalue weighted by atomic mass is 32.2. The van der Waals surface area contributed by atoms with E-state index in [9.17, 15) is 17.2 Å². The summed E-state index contributed by atoms with van der Waals surface area (Å²) in [5.41, 5.74) is 2.60. The lowest BCUT2D eigenvalue weighted by molar-refractivity contribution is 0.400. The zero-order valence-corrected chi connectivity index (χ0v) is 17.5. The van der Waals surface area contributed by atoms with Crippen molar-refractivity contribution in [2.75, 3.05) is 11.8 Å². The first-order chi connectivity index (χ1) is 15.3. The molecule has 2 aromatic carbocycles. The van der Waals surface area contributed by atoms with Gasteiger partial charge in [0.1, 0.15) is 22.2 Å². The van der Waals surface area contributed by atoms with Crippen LogP contribution in [0, 0.1) is 24.0 Å². The number of methoxy groups -OCH3 is 1. The number of anilines is 1. The van der Waals surface area contributed by atoms with Crippen LogP contribution in [0.15, 0.2) is 65.8 Å². The van der Waals surface area contributed by atoms with Crippen molar-refractivity contribution in [2.24, 2.45) is 0 Å². The molecule has 0 aliphatic rings. The van der Waals surface area contributed by atoms with E-state index in [2.05, 4.69) is 20.6 Å². The molecule has 4 aromatic rings. The minimum absolute atomic E-state index is 0.0165. The molecule has 0 atom stereocenters. The van der Waals surface area contributed by atoms with Crippen LogP contribution in [0.4, 0.5) is 14.5 Å². The molecule has 0 aliphatic heterocycles. The molecule has 0 saturated heterocycles. The van der Waals surface area contributed by atoms with Crippen molar-refractivity contribution in [1.82, 2.24) is 9.97 Å². The highest BCUT2D eigenvalue weighted by Gasteiger charge is 2.22. The predicted molar refractivity (Wildman–Crippen MR) is 117 cm³/mol. The van der Waals surface area contributed by atoms with Crippen LogP contribution in [0.2, 0.25) is 0 Å². The van der Waals surface area contributed by atoms with Gasteiger partial charge in [-0.05, 0) is 42.0 Å². The summed E-state index contributed by atoms with van der Waals surface area (Å²) in [5.74, 6) is 0.478. The Morgan fingerprint density at radius 2 is 1.84 bits per heavy atom. The van der Waals surface area contributed by atoms with Gasteiger partial charge in [-0.1, -0.05) is 12.0 Å². The Bertz CT molecular complexity index is 1500. The van der Waals surface area contributed by atoms with Crippen molar-refractivity contribution < 1.29 is 21.9 Å². The number of terminal acetylenes is 1. The fourth-order valence-corrected chi connectivity index (χ4v) is 4.30. The minimum Gasteiger partial charge on any atom is -0.480 e. The maximum atomic E-state index is 14.1. The molecule has 0 unspecified atom stereocenters. The predicted octanol–water partition coefficient (Wildman–Crippen LogP) is 4.37. The van der Waals surface area contributed by atoms with Crippen molar-refractivity contribution in [3.8, 4) is 29.4 Å². The summed E-state index contributed by atoms with van der Waals surface area (Å²) in [5, 5.41) is 0.749. The molecule has 9 heteroatoms. The molecule has 2 heterocycles. The summed E-state index contributed by atoms with van der Waals surface area (Å²) in [6, 6.07) is 10.8. The average molecular weight is 451 g/mol. The second kappa shape index (κ2) is 8.24. The van der Waals surface area contributed by atoms with Crippen LogP contribution >= 0.6 is 0 Å². The molecule has 0 spiro atoms. The third-order valence-corrected chi connectivity index (χ3v) is 6.10. The minimum atomic E-state index is -4.39. The molecule has 0 radical (unpaired) electrons. The number of nitrogens with zero attached hydrogens (tertiary/aromatic N) is 2. The van der Waals surface area contributed by atoms with Gasteiger partial charge < -0.3 is 4.74 Å². The van der Waals surface area contributed by atoms with E-state index in [-0.39, 0.29) is 11.6 Å². The number of ether oxygens (including phenoxy) is 1. The van der Waals surface area contributed by atoms with E-state index >= 15 is 0 Å². The molecule has 0 aliphatic carbocycles. The smallest absolute Gasteiger partial charge is 0.264 e. The molecule has 4 rings (SSSR count). The SMILES string of the molecule is C#Cc1ccnc2ccc(-c3cnc(OC)c(NS(=O)(=O)c4ccc(F)cc4F)c3)cc12. The zero-order chi connectivity index (χ0) is 22.9. The van der Waals surface area contributed by atoms with E-state index in [0.29, 0.717) is 28.3 Å². The van der Waals surface area contributed by atoms with E-state index in [1.165, 1.54) is 19.4 Å². The Morgan fingerprint density at radius 3 is 2.56 bits per heavy atom. The van der Waals surface area contributed by atoms with Gasteiger partial charge in [0.05, 0.1) is 12.6 Å². The number of halogens is 2. The Labute approximate surface area is 183 Å². The summed E-state index contributed by atoms with van der Waals surface area (Å²) >= 11 is 0. The Morgan fingerprint density at radius 1 is 1.03 bits per heavy atom. The number of benzene rings is 2. The van der Waals surface area contributed by atoms with Gasteiger partial charge in [-0.3, -0.25) is 9.71 Å². The maximum absolute atomic E-state index is 14.1. The second-order valence-corrected chi connectivity index (χ2v) is 8.35. The number of nitrogens with one attached hydrogen (secondary N) is 1. The van der Waals surface area contributed by atoms with E-state index in [0.717, 1.165) is 17.5 Å². The second-order valence-electron chi connectivity index (χ2n) is 6.70. The zero-order valence-electron chi connectivity index (χ0n) is 16.6. The van der Waals surface area contributed by atoms with Gasteiger partial charge in [0.25, 0.3) is 10.0 Å². The molecule has 0 saturated carbocycles. The highest BCUT2D eigenvalue weighted by molar-refractivity contribution is 7.92. The first-order valence-electron chi connectivity index (χ1n) is 9.20. The van der Waals surface area contributed by atoms with Gasteiger partial charge in [0.15, 0.2) is 0 Å². The van der Waals surface area contributed by atoms with E-state index in [4.69, 9.17) is 11.2 Å². The number of aromatic nitrogens is 2. The molecule has 6 nitrogen and oxygen atoms in total. The molecule has 1 N–H and O–H groups in total. The number of fused-ring (bicyclic) bond motifs is 1. The average Bonchev–Trinajstić information content (AvgIpc) is 2.77. The van der Waals surface area contributed by atoms with Crippen LogP contribution in [-0.2, 0) is 10.0 Å². The van der Waals surface area contributed by atoms with Gasteiger partial charge in [0, 0.05) is 35.0 Å². The first kappa shape index (κ1) is 21.2. The number of hydrogen-bond donors (Lipinski definition) is 1. The van der Waals surface area contributed by atoms with Crippen molar-refractivity contribution in [3.63, 3.8) is 0 Å². The number of rotatable bonds is 5. The normalized spacial score (nSPS) is 11.2. The quantitative estimate of drug-likeness (QED) is 0.456. The largest absolute Gasteiger partial charge is 0.480 e. The molecule has 0 bridgehead atoms. The van der Waals surface area contributed by atoms with Gasteiger partial charge in [-0.25, -0.2) is 22.2 Å². The van der Waals surface area contributed by atoms with E-state index < -0.39 is 26.6 Å². The lowest BCUT2D eigenvalue weighted by Gasteiger charge is -2.13. The lowest BCUT2D eigenvalue weighted by Crippen LogP contribution is -2.15. The summed E-state index contributed by atoms with van der Waals surface area (Å²) in [6.45, 7) is 0. The summed E-state index contributed by atoms with van der Waals surface area (Å²) < 4.78 is 60.1. The monoisotopic (exact) mass is 451 g/mol. The topological polar surface area (TPSA) is 81.2 Å². The summed E-state index contributed by atoms with van der Waals surface area (Å²) in [7, 11) is -3.07. The Kier molecular flexibility index (Phi) is 5.47. The van der Waals surface area contributed by atoms with Crippen LogP contribution < -0.4 is 9.46 Å². The van der Waals surface area contributed by atoms with Gasteiger partial charge in [-0.2, -0.15) is 0 Å². The molecular formula is C23H15F2N3O3S. The lowest BCUT2D eigenvalue weighted by atomic mass is 10.0. The first-order valence-corrected chi connectivity index (χ1v) is 10.7. The van der Waals surface area contributed by atoms with Crippen molar-refractivity contribution >= 4 is 26.6 Å². The molecule has 2 aromatic heterocycles. The fourth-order valence-electron chi connectivity index (χ4n) is 3.19. The molecule has 0 fully saturated rings. The van der Waals surface area contributed by atoms with Crippen LogP contribution in [-0.4, -0.2) is 25.5 Å². The van der Waals surface area contributed by atoms with Crippen molar-refractivity contribution in [2.45, 2.75) is 4.90 Å². The van der Waals surface area contributed by atoms with Crippen molar-refractivity contribution in [3.05, 3.63) is 78.1 Å². The molecular weight excluding hydrogens is 436 g/mol. The van der Waals surface area contributed by atoms with Crippen LogP contribution in [0.3, 0.4) is 0 Å². The molecule has 0 amide bonds. The third-order valence-electron chi connectivity index (χ3n) is 4.70. The summed E-state index contributed by atoms with van der Waals surface area (Å²) in [4.78, 5) is 7.73. The van der Waals surface area contributed by atoms with Gasteiger partial charge >= 0.3 is 0 Å². The van der Waals surface area contributed by atoms with Crippen LogP contribution in [0.25, 0.3) is 22.0 Å². The summed E-state index contributed by atoms with van der Waals surface area (Å²) in [6.07, 6.45) is 8.70. The van der Waals surface area contributed by atoms with Gasteiger partial charge in [-0.15, -0.1) is 6.42 Å². The van der Waals surface area contributed by atoms with Crippen LogP contribution in [0.5, 0.6) is 5.88 Å². The molecule has 32 heavy (non-hydrogen) atoms. The maximum Gasteiger partial charge on any atom is 0.264 e. The van der Waals surface area contributed by atoms with Gasteiger partial charge in [0.2, 0.25) is 5.88 Å². The standard InChI is InChI=1S/C23H15F2N3O3S/c1-3-14-8-9-26-20-6-4-15(10-18(14)20)16-11-21(23(31-2)27-13-16)28-32(29,30)22-7-5-17(24)12-19(22)25/h1,4-13,28H,2H3. The third kappa shape index (κ3) is 3.96. The highest BCUT2D eigenvalue weighted by Crippen LogP contribution is 2.32. The van der Waals surface area contributed by atoms with Crippen molar-refractivity contribution in [1.29, 1.82) is 0 Å². The van der Waals surface area contributed by atoms with E-state index in [1.54, 1.807) is 24.4 Å². The van der Waals surface area contributed by atoms with Crippen LogP contribution in [0.1, 0.15) is 5.56 Å². The number of hydrogen-bond acceptors (Lipinski definition) is 5. The number of pyridine rings is 2. The molecule has 160 valence electrons. The Balaban J connectivity index is 1.78. The number of sulfonamides is 1. The fraction of sp³-hybridized carbons (Fsp3) is 0.0435. The Hall–Kier alpha value is -4.03. The van der Waals surface area contributed by atoms with E-state index in [1.807, 2.05) is 6.07 Å².